The molecule has 0 aromatic carbocycles. The lowest BCUT2D eigenvalue weighted by molar-refractivity contribution is -0.0702. The maximum absolute atomic E-state index is 13.7. The van der Waals surface area contributed by atoms with Crippen LogP contribution in [0.2, 0.25) is 0 Å². The molecule has 1 saturated heterocycles. The van der Waals surface area contributed by atoms with E-state index < -0.39 is 0 Å². The number of hydrogen-bond donors (Lipinski definition) is 0. The van der Waals surface area contributed by atoms with Gasteiger partial charge in [-0.25, -0.2) is 4.79 Å². The van der Waals surface area contributed by atoms with Crippen molar-refractivity contribution in [2.24, 2.45) is 0 Å². The van der Waals surface area contributed by atoms with Crippen LogP contribution in [0.1, 0.15) is 63.9 Å². The Morgan fingerprint density at radius 2 is 1.93 bits per heavy atom. The van der Waals surface area contributed by atoms with Crippen molar-refractivity contribution in [1.82, 2.24) is 9.13 Å². The molecule has 1 fully saturated rings. The summed E-state index contributed by atoms with van der Waals surface area (Å²) < 4.78 is 15.0. The van der Waals surface area contributed by atoms with Crippen LogP contribution in [0, 0.1) is 0 Å². The van der Waals surface area contributed by atoms with E-state index >= 15 is 0 Å². The highest BCUT2D eigenvalue weighted by Crippen LogP contribution is 2.38. The van der Waals surface area contributed by atoms with Gasteiger partial charge in [0, 0.05) is 30.5 Å². The van der Waals surface area contributed by atoms with Crippen molar-refractivity contribution in [1.29, 1.82) is 0 Å². The Labute approximate surface area is 174 Å². The molecule has 0 N–H and O–H groups in total. The van der Waals surface area contributed by atoms with Gasteiger partial charge in [-0.15, -0.1) is 11.3 Å². The Hall–Kier alpha value is -1.70. The average Bonchev–Trinajstić information content (AvgIpc) is 2.95. The molecule has 2 aromatic heterocycles. The summed E-state index contributed by atoms with van der Waals surface area (Å²) in [5.41, 5.74) is 0.838. The molecule has 2 aromatic rings. The quantitative estimate of drug-likeness (QED) is 0.712. The van der Waals surface area contributed by atoms with Crippen LogP contribution in [-0.2, 0) is 29.0 Å². The van der Waals surface area contributed by atoms with Gasteiger partial charge in [-0.3, -0.25) is 13.9 Å². The van der Waals surface area contributed by atoms with Crippen molar-refractivity contribution in [2.45, 2.75) is 84.3 Å². The van der Waals surface area contributed by atoms with Crippen molar-refractivity contribution in [2.75, 3.05) is 6.61 Å². The van der Waals surface area contributed by atoms with E-state index in [1.165, 1.54) is 15.9 Å². The predicted molar refractivity (Wildman–Crippen MR) is 116 cm³/mol. The fraction of sp³-hybridized carbons (Fsp3) is 0.636. The minimum absolute atomic E-state index is 0.164. The molecule has 6 nitrogen and oxygen atoms in total. The van der Waals surface area contributed by atoms with Crippen LogP contribution in [0.4, 0.5) is 0 Å². The van der Waals surface area contributed by atoms with Gasteiger partial charge in [0.1, 0.15) is 4.83 Å². The monoisotopic (exact) mass is 418 g/mol. The predicted octanol–water partition coefficient (Wildman–Crippen LogP) is 3.78. The Kier molecular flexibility index (Phi) is 4.91. The van der Waals surface area contributed by atoms with Crippen LogP contribution in [0.15, 0.2) is 21.7 Å². The molecule has 29 heavy (non-hydrogen) atoms. The molecule has 7 heteroatoms. The van der Waals surface area contributed by atoms with Crippen molar-refractivity contribution in [3.05, 3.63) is 43.4 Å². The zero-order valence-corrected chi connectivity index (χ0v) is 18.8. The van der Waals surface area contributed by atoms with Gasteiger partial charge < -0.3 is 9.47 Å². The van der Waals surface area contributed by atoms with Gasteiger partial charge in [-0.1, -0.05) is 12.2 Å². The minimum atomic E-state index is -0.354. The number of nitrogens with zero attached hydrogens (tertiary/aromatic N) is 2. The first-order chi connectivity index (χ1) is 13.5. The Balaban J connectivity index is 2.00. The molecule has 0 unspecified atom stereocenters. The molecular formula is C22H30N2O4S. The van der Waals surface area contributed by atoms with E-state index in [0.29, 0.717) is 44.4 Å². The molecule has 158 valence electrons. The molecular weight excluding hydrogens is 388 g/mol. The molecule has 4 rings (SSSR count). The second kappa shape index (κ2) is 6.93. The second-order valence-corrected chi connectivity index (χ2v) is 10.7. The lowest BCUT2D eigenvalue weighted by atomic mass is 9.93. The van der Waals surface area contributed by atoms with Gasteiger partial charge in [0.2, 0.25) is 0 Å². The largest absolute Gasteiger partial charge is 0.375 e. The summed E-state index contributed by atoms with van der Waals surface area (Å²) in [6, 6.07) is -0.164. The molecule has 0 aliphatic carbocycles. The Bertz CT molecular complexity index is 1100. The number of thiophene rings is 1. The average molecular weight is 419 g/mol. The maximum Gasteiger partial charge on any atom is 0.332 e. The van der Waals surface area contributed by atoms with E-state index in [0.717, 1.165) is 20.8 Å². The molecule has 0 radical (unpaired) electrons. The minimum Gasteiger partial charge on any atom is -0.375 e. The van der Waals surface area contributed by atoms with Gasteiger partial charge >= 0.3 is 5.69 Å². The summed E-state index contributed by atoms with van der Waals surface area (Å²) in [6.07, 6.45) is 1.97. The fourth-order valence-electron chi connectivity index (χ4n) is 4.53. The first-order valence-corrected chi connectivity index (χ1v) is 11.0. The van der Waals surface area contributed by atoms with Crippen LogP contribution in [0.25, 0.3) is 10.2 Å². The zero-order valence-electron chi connectivity index (χ0n) is 18.0. The summed E-state index contributed by atoms with van der Waals surface area (Å²) in [4.78, 5) is 29.0. The molecule has 2 aliphatic heterocycles. The topological polar surface area (TPSA) is 62.5 Å². The number of ether oxygens (including phenoxy) is 2. The molecule has 2 aliphatic rings. The third-order valence-electron chi connectivity index (χ3n) is 5.85. The van der Waals surface area contributed by atoms with Gasteiger partial charge in [0.05, 0.1) is 23.2 Å². The van der Waals surface area contributed by atoms with Crippen molar-refractivity contribution >= 4 is 21.6 Å². The lowest BCUT2D eigenvalue weighted by Crippen LogP contribution is -2.46. The molecule has 0 bridgehead atoms. The van der Waals surface area contributed by atoms with Crippen LogP contribution < -0.4 is 11.2 Å². The highest BCUT2D eigenvalue weighted by Gasteiger charge is 2.35. The van der Waals surface area contributed by atoms with E-state index in [1.54, 1.807) is 4.57 Å². The van der Waals surface area contributed by atoms with Gasteiger partial charge in [-0.05, 0) is 53.0 Å². The SMILES string of the molecule is C=C(C)Cn1c(=O)n([C@@H]2CCOC(C)(C)C2)c(=O)c2c3c(sc21)COC(C)(C)C3. The van der Waals surface area contributed by atoms with Crippen LogP contribution in [0.5, 0.6) is 0 Å². The number of fused-ring (bicyclic) bond motifs is 3. The molecule has 4 heterocycles. The van der Waals surface area contributed by atoms with Crippen LogP contribution in [0.3, 0.4) is 0 Å². The van der Waals surface area contributed by atoms with E-state index in [-0.39, 0.29) is 28.5 Å². The summed E-state index contributed by atoms with van der Waals surface area (Å²) in [7, 11) is 0. The number of hydrogen-bond acceptors (Lipinski definition) is 5. The standard InChI is InChI=1S/C22H30N2O4S/c1-13(2)11-23-19-17(15-10-22(5,6)28-12-16(15)29-19)18(25)24(20(23)26)14-7-8-27-21(3,4)9-14/h14H,1,7-12H2,2-6H3/t14-/m1/s1. The normalized spacial score (nSPS) is 23.1. The third kappa shape index (κ3) is 3.64. The first-order valence-electron chi connectivity index (χ1n) is 10.2. The molecule has 0 saturated carbocycles. The van der Waals surface area contributed by atoms with Crippen molar-refractivity contribution in [3.63, 3.8) is 0 Å². The van der Waals surface area contributed by atoms with Crippen molar-refractivity contribution in [3.8, 4) is 0 Å². The number of allylic oxidation sites excluding steroid dienone is 1. The van der Waals surface area contributed by atoms with E-state index in [1.807, 2.05) is 34.6 Å². The second-order valence-electron chi connectivity index (χ2n) is 9.66. The Morgan fingerprint density at radius 1 is 1.21 bits per heavy atom. The highest BCUT2D eigenvalue weighted by molar-refractivity contribution is 7.18. The van der Waals surface area contributed by atoms with Gasteiger partial charge in [0.15, 0.2) is 0 Å². The zero-order chi connectivity index (χ0) is 21.1. The Morgan fingerprint density at radius 3 is 2.59 bits per heavy atom. The maximum atomic E-state index is 13.7. The van der Waals surface area contributed by atoms with E-state index in [2.05, 4.69) is 6.58 Å². The van der Waals surface area contributed by atoms with Crippen molar-refractivity contribution < 1.29 is 9.47 Å². The third-order valence-corrected chi connectivity index (χ3v) is 7.08. The fourth-order valence-corrected chi connectivity index (χ4v) is 5.74. The van der Waals surface area contributed by atoms with E-state index in [9.17, 15) is 9.59 Å². The van der Waals surface area contributed by atoms with E-state index in [4.69, 9.17) is 9.47 Å². The first kappa shape index (κ1) is 20.6. The summed E-state index contributed by atoms with van der Waals surface area (Å²) in [5, 5.41) is 0.687. The van der Waals surface area contributed by atoms with Crippen LogP contribution >= 0.6 is 11.3 Å². The molecule has 1 atom stereocenters. The summed E-state index contributed by atoms with van der Waals surface area (Å²) in [6.45, 7) is 15.5. The summed E-state index contributed by atoms with van der Waals surface area (Å²) in [5.74, 6) is 0. The highest BCUT2D eigenvalue weighted by atomic mass is 32.1. The van der Waals surface area contributed by atoms with Crippen LogP contribution in [-0.4, -0.2) is 26.9 Å². The van der Waals surface area contributed by atoms with Gasteiger partial charge in [-0.2, -0.15) is 0 Å². The van der Waals surface area contributed by atoms with Gasteiger partial charge in [0.25, 0.3) is 5.56 Å². The summed E-state index contributed by atoms with van der Waals surface area (Å²) >= 11 is 1.51. The molecule has 0 spiro atoms. The lowest BCUT2D eigenvalue weighted by Gasteiger charge is -2.36. The number of aromatic nitrogens is 2. The number of rotatable bonds is 3. The molecule has 0 amide bonds. The smallest absolute Gasteiger partial charge is 0.332 e.